The van der Waals surface area contributed by atoms with Gasteiger partial charge in [-0.05, 0) is 30.7 Å². The summed E-state index contributed by atoms with van der Waals surface area (Å²) in [6.45, 7) is 4.76. The van der Waals surface area contributed by atoms with E-state index in [1.807, 2.05) is 6.92 Å². The van der Waals surface area contributed by atoms with Crippen molar-refractivity contribution in [3.8, 4) is 11.5 Å². The third kappa shape index (κ3) is 3.47. The first kappa shape index (κ1) is 17.4. The lowest BCUT2D eigenvalue weighted by molar-refractivity contribution is -0.119. The van der Waals surface area contributed by atoms with Gasteiger partial charge in [-0.3, -0.25) is 9.59 Å². The summed E-state index contributed by atoms with van der Waals surface area (Å²) in [5.74, 6) is 1.15. The molecule has 6 heteroatoms. The Balaban J connectivity index is 1.57. The predicted molar refractivity (Wildman–Crippen MR) is 100.0 cm³/mol. The van der Waals surface area contributed by atoms with E-state index >= 15 is 0 Å². The normalized spacial score (nSPS) is 20.6. The number of amides is 2. The van der Waals surface area contributed by atoms with E-state index in [1.54, 1.807) is 23.1 Å². The zero-order valence-corrected chi connectivity index (χ0v) is 15.4. The molecule has 1 fully saturated rings. The number of carbonyl (C=O) groups is 2. The van der Waals surface area contributed by atoms with Crippen LogP contribution in [0.2, 0.25) is 0 Å². The maximum absolute atomic E-state index is 13.0. The molecule has 1 saturated heterocycles. The van der Waals surface area contributed by atoms with E-state index in [1.165, 1.54) is 12.5 Å². The number of hydrogen-bond acceptors (Lipinski definition) is 4. The second-order valence-electron chi connectivity index (χ2n) is 7.10. The summed E-state index contributed by atoms with van der Waals surface area (Å²) in [7, 11) is 0. The van der Waals surface area contributed by atoms with Crippen molar-refractivity contribution in [3.63, 3.8) is 0 Å². The summed E-state index contributed by atoms with van der Waals surface area (Å²) in [5, 5.41) is 3.01. The molecule has 2 aliphatic heterocycles. The first-order valence-electron chi connectivity index (χ1n) is 9.04. The third-order valence-corrected chi connectivity index (χ3v) is 5.12. The van der Waals surface area contributed by atoms with Gasteiger partial charge in [-0.25, -0.2) is 0 Å². The van der Waals surface area contributed by atoms with Gasteiger partial charge in [-0.15, -0.1) is 0 Å². The summed E-state index contributed by atoms with van der Waals surface area (Å²) in [6.07, 6.45) is 0. The SMILES string of the molecule is CC(=O)N[C@H]1CN(C(=O)c2ccc3c(c2)OCO3)C[C@@H]1c1ccc(C)cc1. The van der Waals surface area contributed by atoms with Gasteiger partial charge >= 0.3 is 0 Å². The molecule has 0 radical (unpaired) electrons. The van der Waals surface area contributed by atoms with Crippen molar-refractivity contribution in [2.24, 2.45) is 0 Å². The lowest BCUT2D eigenvalue weighted by atomic mass is 9.93. The monoisotopic (exact) mass is 366 g/mol. The summed E-state index contributed by atoms with van der Waals surface area (Å²) in [4.78, 5) is 26.5. The van der Waals surface area contributed by atoms with Crippen molar-refractivity contribution in [3.05, 3.63) is 59.2 Å². The van der Waals surface area contributed by atoms with Crippen LogP contribution in [0.3, 0.4) is 0 Å². The van der Waals surface area contributed by atoms with Gasteiger partial charge in [0.1, 0.15) is 0 Å². The fourth-order valence-electron chi connectivity index (χ4n) is 3.74. The molecule has 2 aliphatic rings. The van der Waals surface area contributed by atoms with Gasteiger partial charge < -0.3 is 19.7 Å². The first-order chi connectivity index (χ1) is 13.0. The average Bonchev–Trinajstić information content (AvgIpc) is 3.27. The van der Waals surface area contributed by atoms with Crippen LogP contribution >= 0.6 is 0 Å². The van der Waals surface area contributed by atoms with Crippen molar-refractivity contribution in [2.45, 2.75) is 25.8 Å². The number of aryl methyl sites for hydroxylation is 1. The van der Waals surface area contributed by atoms with E-state index in [4.69, 9.17) is 9.47 Å². The maximum Gasteiger partial charge on any atom is 0.254 e. The third-order valence-electron chi connectivity index (χ3n) is 5.12. The molecule has 0 bridgehead atoms. The van der Waals surface area contributed by atoms with Gasteiger partial charge in [0, 0.05) is 31.5 Å². The van der Waals surface area contributed by atoms with E-state index in [9.17, 15) is 9.59 Å². The highest BCUT2D eigenvalue weighted by Crippen LogP contribution is 2.34. The molecule has 1 N–H and O–H groups in total. The van der Waals surface area contributed by atoms with Crippen molar-refractivity contribution >= 4 is 11.8 Å². The number of ether oxygens (including phenoxy) is 2. The topological polar surface area (TPSA) is 67.9 Å². The highest BCUT2D eigenvalue weighted by molar-refractivity contribution is 5.95. The minimum atomic E-state index is -0.108. The number of fused-ring (bicyclic) bond motifs is 1. The number of carbonyl (C=O) groups excluding carboxylic acids is 2. The molecule has 2 heterocycles. The van der Waals surface area contributed by atoms with Crippen LogP contribution in [0.4, 0.5) is 0 Å². The number of likely N-dealkylation sites (tertiary alicyclic amines) is 1. The molecule has 0 aliphatic carbocycles. The molecule has 0 spiro atoms. The maximum atomic E-state index is 13.0. The highest BCUT2D eigenvalue weighted by Gasteiger charge is 2.37. The van der Waals surface area contributed by atoms with Gasteiger partial charge in [0.05, 0.1) is 6.04 Å². The van der Waals surface area contributed by atoms with Crippen molar-refractivity contribution in [2.75, 3.05) is 19.9 Å². The minimum Gasteiger partial charge on any atom is -0.454 e. The summed E-state index contributed by atoms with van der Waals surface area (Å²) in [6, 6.07) is 13.4. The number of benzene rings is 2. The molecule has 4 rings (SSSR count). The van der Waals surface area contributed by atoms with Crippen LogP contribution in [0.5, 0.6) is 11.5 Å². The molecule has 27 heavy (non-hydrogen) atoms. The van der Waals surface area contributed by atoms with Crippen LogP contribution in [-0.2, 0) is 4.79 Å². The molecule has 2 atom stereocenters. The Hall–Kier alpha value is -3.02. The van der Waals surface area contributed by atoms with E-state index in [0.29, 0.717) is 30.2 Å². The Kier molecular flexibility index (Phi) is 4.48. The van der Waals surface area contributed by atoms with E-state index in [-0.39, 0.29) is 30.6 Å². The molecular formula is C21H22N2O4. The average molecular weight is 366 g/mol. The number of nitrogens with one attached hydrogen (secondary N) is 1. The smallest absolute Gasteiger partial charge is 0.254 e. The zero-order valence-electron chi connectivity index (χ0n) is 15.4. The van der Waals surface area contributed by atoms with Crippen LogP contribution in [0.1, 0.15) is 34.3 Å². The Morgan fingerprint density at radius 1 is 1.04 bits per heavy atom. The van der Waals surface area contributed by atoms with Crippen LogP contribution < -0.4 is 14.8 Å². The fourth-order valence-corrected chi connectivity index (χ4v) is 3.74. The first-order valence-corrected chi connectivity index (χ1v) is 9.04. The Labute approximate surface area is 158 Å². The van der Waals surface area contributed by atoms with Crippen molar-refractivity contribution in [1.82, 2.24) is 10.2 Å². The molecule has 2 amide bonds. The summed E-state index contributed by atoms with van der Waals surface area (Å²) < 4.78 is 10.7. The zero-order chi connectivity index (χ0) is 19.0. The molecular weight excluding hydrogens is 344 g/mol. The van der Waals surface area contributed by atoms with Gasteiger partial charge in [-0.2, -0.15) is 0 Å². The van der Waals surface area contributed by atoms with E-state index < -0.39 is 0 Å². The molecule has 0 saturated carbocycles. The fraction of sp³-hybridized carbons (Fsp3) is 0.333. The van der Waals surface area contributed by atoms with Crippen LogP contribution in [0.15, 0.2) is 42.5 Å². The molecule has 2 aromatic carbocycles. The van der Waals surface area contributed by atoms with Gasteiger partial charge in [-0.1, -0.05) is 29.8 Å². The lowest BCUT2D eigenvalue weighted by Gasteiger charge is -2.19. The summed E-state index contributed by atoms with van der Waals surface area (Å²) in [5.41, 5.74) is 2.87. The Morgan fingerprint density at radius 3 is 2.52 bits per heavy atom. The number of nitrogens with zero attached hydrogens (tertiary/aromatic N) is 1. The molecule has 6 nitrogen and oxygen atoms in total. The lowest BCUT2D eigenvalue weighted by Crippen LogP contribution is -2.39. The standard InChI is InChI=1S/C21H22N2O4/c1-13-3-5-15(6-4-13)17-10-23(11-18(17)22-14(2)24)21(25)16-7-8-19-20(9-16)27-12-26-19/h3-9,17-18H,10-12H2,1-2H3,(H,22,24)/t17-,18+/m1/s1. The number of rotatable bonds is 3. The Morgan fingerprint density at radius 2 is 1.78 bits per heavy atom. The largest absolute Gasteiger partial charge is 0.454 e. The van der Waals surface area contributed by atoms with Crippen molar-refractivity contribution in [1.29, 1.82) is 0 Å². The van der Waals surface area contributed by atoms with Crippen molar-refractivity contribution < 1.29 is 19.1 Å². The second kappa shape index (κ2) is 6.95. The Bertz CT molecular complexity index is 878. The van der Waals surface area contributed by atoms with Gasteiger partial charge in [0.25, 0.3) is 5.91 Å². The molecule has 0 unspecified atom stereocenters. The van der Waals surface area contributed by atoms with E-state index in [2.05, 4.69) is 29.6 Å². The minimum absolute atomic E-state index is 0.0625. The van der Waals surface area contributed by atoms with Gasteiger partial charge in [0.2, 0.25) is 12.7 Å². The van der Waals surface area contributed by atoms with Gasteiger partial charge in [0.15, 0.2) is 11.5 Å². The second-order valence-corrected chi connectivity index (χ2v) is 7.10. The van der Waals surface area contributed by atoms with E-state index in [0.717, 1.165) is 5.56 Å². The number of hydrogen-bond donors (Lipinski definition) is 1. The van der Waals surface area contributed by atoms with Crippen LogP contribution in [0.25, 0.3) is 0 Å². The highest BCUT2D eigenvalue weighted by atomic mass is 16.7. The summed E-state index contributed by atoms with van der Waals surface area (Å²) >= 11 is 0. The van der Waals surface area contributed by atoms with Crippen LogP contribution in [0, 0.1) is 6.92 Å². The molecule has 2 aromatic rings. The van der Waals surface area contributed by atoms with Crippen LogP contribution in [-0.4, -0.2) is 42.6 Å². The molecule has 140 valence electrons. The molecule has 0 aromatic heterocycles. The quantitative estimate of drug-likeness (QED) is 0.906. The predicted octanol–water partition coefficient (Wildman–Crippen LogP) is 2.47.